The predicted octanol–water partition coefficient (Wildman–Crippen LogP) is 7.51. The standard InChI is InChI=1S/C34H46F5N5O4Si/c1-21-19-43(13-12-42(21)5)26-17-25(35)28(22-10-9-11-44(20-22)32(46)48-33(2,3)4)29(36)30(26)41-31(45)23-18-40-27(16-24(23)34(37,38)39)47-14-15-49(6,7)8/h10,16-18,21H,9,11-15,19-20H2,1-8H3,(H,41,45)/t21-/m0/s1. The number of alkyl halides is 3. The van der Waals surface area contributed by atoms with E-state index in [1.54, 1.807) is 31.7 Å². The fraction of sp³-hybridized carbons (Fsp3) is 0.559. The normalized spacial score (nSPS) is 17.9. The Morgan fingerprint density at radius 2 is 1.78 bits per heavy atom. The summed E-state index contributed by atoms with van der Waals surface area (Å²) in [7, 11) is 0.363. The van der Waals surface area contributed by atoms with Crippen LogP contribution in [0.15, 0.2) is 24.4 Å². The van der Waals surface area contributed by atoms with E-state index >= 15 is 8.78 Å². The number of amides is 2. The van der Waals surface area contributed by atoms with E-state index in [4.69, 9.17) is 9.47 Å². The molecule has 9 nitrogen and oxygen atoms in total. The minimum atomic E-state index is -4.97. The maximum absolute atomic E-state index is 16.7. The van der Waals surface area contributed by atoms with E-state index in [9.17, 15) is 22.8 Å². The van der Waals surface area contributed by atoms with E-state index in [1.165, 1.54) is 4.90 Å². The largest absolute Gasteiger partial charge is 0.478 e. The van der Waals surface area contributed by atoms with Crippen LogP contribution in [0, 0.1) is 11.6 Å². The van der Waals surface area contributed by atoms with E-state index in [0.29, 0.717) is 31.7 Å². The van der Waals surface area contributed by atoms with Crippen LogP contribution in [0.25, 0.3) is 5.57 Å². The van der Waals surface area contributed by atoms with Crippen LogP contribution in [0.4, 0.5) is 38.1 Å². The molecule has 2 amide bonds. The molecule has 0 aliphatic carbocycles. The number of hydrogen-bond acceptors (Lipinski definition) is 7. The molecule has 0 unspecified atom stereocenters. The number of aromatic nitrogens is 1. The Morgan fingerprint density at radius 3 is 2.39 bits per heavy atom. The monoisotopic (exact) mass is 711 g/mol. The molecule has 2 aromatic rings. The Balaban J connectivity index is 1.74. The lowest BCUT2D eigenvalue weighted by Gasteiger charge is -2.40. The van der Waals surface area contributed by atoms with Crippen LogP contribution in [0.5, 0.6) is 5.88 Å². The molecule has 15 heteroatoms. The van der Waals surface area contributed by atoms with Crippen LogP contribution in [0.3, 0.4) is 0 Å². The molecule has 0 saturated carbocycles. The molecule has 2 aliphatic heterocycles. The lowest BCUT2D eigenvalue weighted by molar-refractivity contribution is -0.138. The number of rotatable bonds is 8. The van der Waals surface area contributed by atoms with Crippen LogP contribution in [0.1, 0.15) is 55.6 Å². The molecule has 49 heavy (non-hydrogen) atoms. The number of carbonyl (C=O) groups is 2. The van der Waals surface area contributed by atoms with Crippen LogP contribution >= 0.6 is 0 Å². The van der Waals surface area contributed by atoms with Crippen molar-refractivity contribution >= 4 is 37.0 Å². The molecule has 1 aromatic heterocycles. The maximum Gasteiger partial charge on any atom is 0.417 e. The van der Waals surface area contributed by atoms with Gasteiger partial charge in [0.25, 0.3) is 5.91 Å². The third kappa shape index (κ3) is 9.71. The summed E-state index contributed by atoms with van der Waals surface area (Å²) in [5, 5.41) is 2.34. The maximum atomic E-state index is 16.7. The van der Waals surface area contributed by atoms with Crippen molar-refractivity contribution in [2.45, 2.75) is 77.6 Å². The molecule has 1 aromatic carbocycles. The highest BCUT2D eigenvalue weighted by atomic mass is 28.3. The summed E-state index contributed by atoms with van der Waals surface area (Å²) in [6, 6.07) is 2.40. The van der Waals surface area contributed by atoms with Crippen molar-refractivity contribution in [3.63, 3.8) is 0 Å². The summed E-state index contributed by atoms with van der Waals surface area (Å²) in [4.78, 5) is 35.5. The summed E-state index contributed by atoms with van der Waals surface area (Å²) < 4.78 is 86.5. The van der Waals surface area contributed by atoms with Crippen molar-refractivity contribution in [1.82, 2.24) is 14.8 Å². The first-order chi connectivity index (χ1) is 22.6. The Labute approximate surface area is 285 Å². The Kier molecular flexibility index (Phi) is 11.4. The summed E-state index contributed by atoms with van der Waals surface area (Å²) in [6.45, 7) is 14.8. The van der Waals surface area contributed by atoms with Crippen LogP contribution in [-0.4, -0.2) is 92.9 Å². The minimum Gasteiger partial charge on any atom is -0.478 e. The lowest BCUT2D eigenvalue weighted by Crippen LogP contribution is -2.50. The van der Waals surface area contributed by atoms with Crippen LogP contribution < -0.4 is 15.0 Å². The molecule has 1 N–H and O–H groups in total. The summed E-state index contributed by atoms with van der Waals surface area (Å²) in [6.07, 6.45) is -3.00. The van der Waals surface area contributed by atoms with Crippen molar-refractivity contribution in [1.29, 1.82) is 0 Å². The van der Waals surface area contributed by atoms with Gasteiger partial charge in [0.2, 0.25) is 5.88 Å². The zero-order valence-electron chi connectivity index (χ0n) is 29.4. The molecule has 0 spiro atoms. The number of nitrogens with one attached hydrogen (secondary N) is 1. The molecule has 0 bridgehead atoms. The molecule has 270 valence electrons. The van der Waals surface area contributed by atoms with Gasteiger partial charge in [-0.1, -0.05) is 25.7 Å². The minimum absolute atomic E-state index is 0.0136. The highest BCUT2D eigenvalue weighted by Crippen LogP contribution is 2.40. The SMILES string of the molecule is C[C@H]1CN(c2cc(F)c(C3=CCCN(C(=O)OC(C)(C)C)C3)c(F)c2NC(=O)c2cnc(OCC[Si](C)(C)C)cc2C(F)(F)F)CCN1C. The van der Waals surface area contributed by atoms with Crippen molar-refractivity contribution in [2.24, 2.45) is 0 Å². The first-order valence-electron chi connectivity index (χ1n) is 16.3. The topological polar surface area (TPSA) is 87.2 Å². The zero-order chi connectivity index (χ0) is 36.5. The van der Waals surface area contributed by atoms with Crippen molar-refractivity contribution < 1.29 is 41.0 Å². The average molecular weight is 712 g/mol. The van der Waals surface area contributed by atoms with Crippen molar-refractivity contribution in [3.8, 4) is 5.88 Å². The molecular formula is C34H46F5N5O4Si. The second kappa shape index (κ2) is 14.6. The van der Waals surface area contributed by atoms with Gasteiger partial charge in [-0.05, 0) is 52.8 Å². The Bertz CT molecular complexity index is 1590. The van der Waals surface area contributed by atoms with E-state index in [0.717, 1.165) is 12.3 Å². The quantitative estimate of drug-likeness (QED) is 0.224. The van der Waals surface area contributed by atoms with Gasteiger partial charge in [-0.2, -0.15) is 13.2 Å². The van der Waals surface area contributed by atoms with Gasteiger partial charge >= 0.3 is 12.3 Å². The number of benzene rings is 1. The molecule has 0 radical (unpaired) electrons. The van der Waals surface area contributed by atoms with Gasteiger partial charge in [0.1, 0.15) is 17.1 Å². The van der Waals surface area contributed by atoms with Gasteiger partial charge in [-0.15, -0.1) is 0 Å². The predicted molar refractivity (Wildman–Crippen MR) is 182 cm³/mol. The third-order valence-electron chi connectivity index (χ3n) is 8.39. The molecule has 4 rings (SSSR count). The second-order valence-corrected chi connectivity index (χ2v) is 20.4. The number of ether oxygens (including phenoxy) is 2. The molecular weight excluding hydrogens is 665 g/mol. The summed E-state index contributed by atoms with van der Waals surface area (Å²) in [5.41, 5.74) is -3.79. The number of nitrogens with zero attached hydrogens (tertiary/aromatic N) is 4. The highest BCUT2D eigenvalue weighted by molar-refractivity contribution is 6.76. The number of likely N-dealkylation sites (N-methyl/N-ethyl adjacent to an activating group) is 1. The summed E-state index contributed by atoms with van der Waals surface area (Å²) in [5.74, 6) is -3.67. The molecule has 2 aliphatic rings. The average Bonchev–Trinajstić information content (AvgIpc) is 2.98. The van der Waals surface area contributed by atoms with Gasteiger partial charge in [0, 0.05) is 65.2 Å². The first-order valence-corrected chi connectivity index (χ1v) is 20.0. The number of anilines is 2. The molecule has 1 fully saturated rings. The Hall–Kier alpha value is -3.72. The molecule has 3 heterocycles. The number of piperazine rings is 1. The van der Waals surface area contributed by atoms with E-state index in [-0.39, 0.29) is 49.3 Å². The Morgan fingerprint density at radius 1 is 1.08 bits per heavy atom. The van der Waals surface area contributed by atoms with Gasteiger partial charge in [0.05, 0.1) is 29.0 Å². The third-order valence-corrected chi connectivity index (χ3v) is 10.1. The number of halogens is 5. The lowest BCUT2D eigenvalue weighted by atomic mass is 9.97. The van der Waals surface area contributed by atoms with Crippen LogP contribution in [0.2, 0.25) is 25.7 Å². The fourth-order valence-corrected chi connectivity index (χ4v) is 6.23. The molecule has 1 atom stereocenters. The van der Waals surface area contributed by atoms with Crippen molar-refractivity contribution in [3.05, 3.63) is 52.7 Å². The van der Waals surface area contributed by atoms with Gasteiger partial charge in [-0.25, -0.2) is 18.6 Å². The van der Waals surface area contributed by atoms with E-state index < -0.39 is 65.9 Å². The van der Waals surface area contributed by atoms with Crippen LogP contribution in [-0.2, 0) is 10.9 Å². The fourth-order valence-electron chi connectivity index (χ4n) is 5.52. The van der Waals surface area contributed by atoms with Gasteiger partial charge < -0.3 is 29.5 Å². The summed E-state index contributed by atoms with van der Waals surface area (Å²) >= 11 is 0. The zero-order valence-corrected chi connectivity index (χ0v) is 30.4. The van der Waals surface area contributed by atoms with E-state index in [1.807, 2.05) is 14.0 Å². The van der Waals surface area contributed by atoms with Crippen molar-refractivity contribution in [2.75, 3.05) is 56.6 Å². The number of carbonyl (C=O) groups excluding carboxylic acids is 2. The number of pyridine rings is 1. The molecule has 1 saturated heterocycles. The van der Waals surface area contributed by atoms with Gasteiger partial charge in [-0.3, -0.25) is 4.79 Å². The van der Waals surface area contributed by atoms with Gasteiger partial charge in [0.15, 0.2) is 5.82 Å². The highest BCUT2D eigenvalue weighted by Gasteiger charge is 2.38. The van der Waals surface area contributed by atoms with E-state index in [2.05, 4.69) is 34.8 Å². The number of hydrogen-bond donors (Lipinski definition) is 1. The first kappa shape index (κ1) is 38.1. The second-order valence-electron chi connectivity index (χ2n) is 14.8. The smallest absolute Gasteiger partial charge is 0.417 e.